The number of hydrogen-bond donors (Lipinski definition) is 2. The Bertz CT molecular complexity index is 486. The summed E-state index contributed by atoms with van der Waals surface area (Å²) in [6.45, 7) is 7.19. The van der Waals surface area contributed by atoms with E-state index in [1.807, 2.05) is 19.1 Å². The van der Waals surface area contributed by atoms with Crippen molar-refractivity contribution in [2.24, 2.45) is 0 Å². The van der Waals surface area contributed by atoms with Gasteiger partial charge in [-0.1, -0.05) is 19.1 Å². The van der Waals surface area contributed by atoms with Crippen molar-refractivity contribution >= 4 is 10.0 Å². The third-order valence-corrected chi connectivity index (χ3v) is 4.47. The highest BCUT2D eigenvalue weighted by Crippen LogP contribution is 2.10. The molecule has 0 aliphatic heterocycles. The van der Waals surface area contributed by atoms with E-state index in [1.165, 1.54) is 0 Å². The first-order valence-electron chi connectivity index (χ1n) is 7.47. The molecule has 1 aromatic carbocycles. The fourth-order valence-corrected chi connectivity index (χ4v) is 2.86. The molecule has 0 atom stereocenters. The fourth-order valence-electron chi connectivity index (χ4n) is 1.85. The van der Waals surface area contributed by atoms with Gasteiger partial charge in [-0.25, -0.2) is 13.1 Å². The molecule has 0 spiro atoms. The van der Waals surface area contributed by atoms with Gasteiger partial charge >= 0.3 is 0 Å². The van der Waals surface area contributed by atoms with Crippen molar-refractivity contribution in [3.63, 3.8) is 0 Å². The summed E-state index contributed by atoms with van der Waals surface area (Å²) in [5.74, 6) is 0. The summed E-state index contributed by atoms with van der Waals surface area (Å²) in [6.07, 6.45) is 2.02. The lowest BCUT2D eigenvalue weighted by atomic mass is 10.1. The van der Waals surface area contributed by atoms with Gasteiger partial charge in [-0.15, -0.1) is 0 Å². The SMILES string of the molecule is CCCNCCc1ccc(S(=O)(=O)NCCOCC)cc1. The van der Waals surface area contributed by atoms with Crippen LogP contribution < -0.4 is 10.0 Å². The first-order chi connectivity index (χ1) is 10.1. The van der Waals surface area contributed by atoms with Crippen LogP contribution in [0, 0.1) is 0 Å². The summed E-state index contributed by atoms with van der Waals surface area (Å²) in [5, 5.41) is 3.32. The van der Waals surface area contributed by atoms with Gasteiger partial charge in [-0.2, -0.15) is 0 Å². The first-order valence-corrected chi connectivity index (χ1v) is 8.95. The lowest BCUT2D eigenvalue weighted by Crippen LogP contribution is -2.27. The molecular weight excluding hydrogens is 288 g/mol. The van der Waals surface area contributed by atoms with E-state index >= 15 is 0 Å². The van der Waals surface area contributed by atoms with Gasteiger partial charge in [-0.3, -0.25) is 0 Å². The van der Waals surface area contributed by atoms with E-state index in [4.69, 9.17) is 4.74 Å². The van der Waals surface area contributed by atoms with Crippen LogP contribution in [0.25, 0.3) is 0 Å². The van der Waals surface area contributed by atoms with E-state index in [9.17, 15) is 8.42 Å². The Morgan fingerprint density at radius 1 is 1.05 bits per heavy atom. The first kappa shape index (κ1) is 18.1. The van der Waals surface area contributed by atoms with Gasteiger partial charge in [0.2, 0.25) is 10.0 Å². The second-order valence-electron chi connectivity index (χ2n) is 4.74. The predicted molar refractivity (Wildman–Crippen MR) is 85.0 cm³/mol. The molecule has 21 heavy (non-hydrogen) atoms. The Balaban J connectivity index is 2.48. The maximum atomic E-state index is 12.0. The Labute approximate surface area is 128 Å². The van der Waals surface area contributed by atoms with Crippen molar-refractivity contribution in [1.82, 2.24) is 10.0 Å². The van der Waals surface area contributed by atoms with E-state index < -0.39 is 10.0 Å². The van der Waals surface area contributed by atoms with Gasteiger partial charge < -0.3 is 10.1 Å². The Hall–Kier alpha value is -0.950. The highest BCUT2D eigenvalue weighted by molar-refractivity contribution is 7.89. The molecule has 0 saturated heterocycles. The fraction of sp³-hybridized carbons (Fsp3) is 0.600. The van der Waals surface area contributed by atoms with Crippen LogP contribution in [0.4, 0.5) is 0 Å². The van der Waals surface area contributed by atoms with E-state index in [0.29, 0.717) is 24.7 Å². The van der Waals surface area contributed by atoms with Gasteiger partial charge in [0.15, 0.2) is 0 Å². The third-order valence-electron chi connectivity index (χ3n) is 2.99. The molecule has 5 nitrogen and oxygen atoms in total. The number of rotatable bonds is 11. The zero-order valence-electron chi connectivity index (χ0n) is 12.9. The Morgan fingerprint density at radius 2 is 1.76 bits per heavy atom. The molecule has 120 valence electrons. The Morgan fingerprint density at radius 3 is 2.38 bits per heavy atom. The van der Waals surface area contributed by atoms with E-state index in [2.05, 4.69) is 17.0 Å². The largest absolute Gasteiger partial charge is 0.380 e. The summed E-state index contributed by atoms with van der Waals surface area (Å²) in [4.78, 5) is 0.296. The number of sulfonamides is 1. The summed E-state index contributed by atoms with van der Waals surface area (Å²) in [7, 11) is -3.43. The molecule has 0 bridgehead atoms. The molecule has 2 N–H and O–H groups in total. The lowest BCUT2D eigenvalue weighted by Gasteiger charge is -2.08. The van der Waals surface area contributed by atoms with Crippen LogP contribution in [0.1, 0.15) is 25.8 Å². The van der Waals surface area contributed by atoms with Crippen molar-refractivity contribution < 1.29 is 13.2 Å². The minimum atomic E-state index is -3.43. The van der Waals surface area contributed by atoms with Gasteiger partial charge in [-0.05, 0) is 50.6 Å². The van der Waals surface area contributed by atoms with Crippen LogP contribution in [-0.4, -0.2) is 41.3 Å². The van der Waals surface area contributed by atoms with Crippen LogP contribution in [-0.2, 0) is 21.2 Å². The van der Waals surface area contributed by atoms with E-state index in [-0.39, 0.29) is 0 Å². The monoisotopic (exact) mass is 314 g/mol. The molecular formula is C15H26N2O3S. The van der Waals surface area contributed by atoms with Gasteiger partial charge in [0, 0.05) is 13.2 Å². The van der Waals surface area contributed by atoms with Crippen LogP contribution in [0.15, 0.2) is 29.2 Å². The van der Waals surface area contributed by atoms with Crippen LogP contribution in [0.5, 0.6) is 0 Å². The van der Waals surface area contributed by atoms with Gasteiger partial charge in [0.05, 0.1) is 11.5 Å². The molecule has 0 fully saturated rings. The molecule has 1 rings (SSSR count). The van der Waals surface area contributed by atoms with Crippen molar-refractivity contribution in [2.75, 3.05) is 32.8 Å². The summed E-state index contributed by atoms with van der Waals surface area (Å²) >= 11 is 0. The van der Waals surface area contributed by atoms with Crippen molar-refractivity contribution in [2.45, 2.75) is 31.6 Å². The van der Waals surface area contributed by atoms with Gasteiger partial charge in [0.25, 0.3) is 0 Å². The van der Waals surface area contributed by atoms with Crippen LogP contribution >= 0.6 is 0 Å². The second-order valence-corrected chi connectivity index (χ2v) is 6.51. The smallest absolute Gasteiger partial charge is 0.240 e. The molecule has 0 aliphatic carbocycles. The molecule has 0 radical (unpaired) electrons. The molecule has 1 aromatic rings. The maximum absolute atomic E-state index is 12.0. The molecule has 0 heterocycles. The number of ether oxygens (including phenoxy) is 1. The second kappa shape index (κ2) is 9.89. The number of nitrogens with one attached hydrogen (secondary N) is 2. The number of hydrogen-bond acceptors (Lipinski definition) is 4. The quantitative estimate of drug-likeness (QED) is 0.608. The van der Waals surface area contributed by atoms with Crippen molar-refractivity contribution in [3.05, 3.63) is 29.8 Å². The molecule has 0 aliphatic rings. The zero-order chi connectivity index (χ0) is 15.6. The van der Waals surface area contributed by atoms with Crippen molar-refractivity contribution in [1.29, 1.82) is 0 Å². The zero-order valence-corrected chi connectivity index (χ0v) is 13.7. The summed E-state index contributed by atoms with van der Waals surface area (Å²) in [6, 6.07) is 7.03. The van der Waals surface area contributed by atoms with E-state index in [0.717, 1.165) is 31.5 Å². The lowest BCUT2D eigenvalue weighted by molar-refractivity contribution is 0.153. The maximum Gasteiger partial charge on any atom is 0.240 e. The predicted octanol–water partition coefficient (Wildman–Crippen LogP) is 1.54. The van der Waals surface area contributed by atoms with Crippen LogP contribution in [0.3, 0.4) is 0 Å². The molecule has 0 aromatic heterocycles. The molecule has 6 heteroatoms. The average molecular weight is 314 g/mol. The highest BCUT2D eigenvalue weighted by atomic mass is 32.2. The number of benzene rings is 1. The third kappa shape index (κ3) is 7.04. The minimum absolute atomic E-state index is 0.291. The summed E-state index contributed by atoms with van der Waals surface area (Å²) < 4.78 is 31.7. The normalized spacial score (nSPS) is 11.7. The average Bonchev–Trinajstić information content (AvgIpc) is 2.49. The minimum Gasteiger partial charge on any atom is -0.380 e. The summed E-state index contributed by atoms with van der Waals surface area (Å²) in [5.41, 5.74) is 1.13. The molecule has 0 amide bonds. The topological polar surface area (TPSA) is 67.4 Å². The van der Waals surface area contributed by atoms with Gasteiger partial charge in [0.1, 0.15) is 0 Å². The molecule has 0 saturated carbocycles. The van der Waals surface area contributed by atoms with Crippen molar-refractivity contribution in [3.8, 4) is 0 Å². The van der Waals surface area contributed by atoms with Crippen LogP contribution in [0.2, 0.25) is 0 Å². The standard InChI is InChI=1S/C15H26N2O3S/c1-3-10-16-11-9-14-5-7-15(8-6-14)21(18,19)17-12-13-20-4-2/h5-8,16-17H,3-4,9-13H2,1-2H3. The Kier molecular flexibility index (Phi) is 8.52. The molecule has 0 unspecified atom stereocenters. The van der Waals surface area contributed by atoms with E-state index in [1.54, 1.807) is 12.1 Å². The highest BCUT2D eigenvalue weighted by Gasteiger charge is 2.12.